The number of allylic oxidation sites excluding steroid dienone is 1. The number of hydrogen-bond acceptors (Lipinski definition) is 9. The maximum absolute atomic E-state index is 12.5. The molecular formula is C28H25N3O6S. The molecule has 1 amide bonds. The zero-order chi connectivity index (χ0) is 26.9. The van der Waals surface area contributed by atoms with Gasteiger partial charge in [0.15, 0.2) is 17.3 Å². The minimum atomic E-state index is -0.251. The number of amides is 1. The highest BCUT2D eigenvalue weighted by Crippen LogP contribution is 2.32. The van der Waals surface area contributed by atoms with Gasteiger partial charge in [-0.25, -0.2) is 0 Å². The average Bonchev–Trinajstić information content (AvgIpc) is 3.44. The standard InChI is InChI=1S/C28H25N3O6S/c1-34-22-12-4-18(5-13-22)6-14-23(32)19-7-10-21(11-8-19)29-26(33)17-38-28-31-30-27(37-28)20-9-15-24(35-2)25(16-20)36-3/h4-16H,17H2,1-3H3,(H,29,33)/b14-6+. The maximum atomic E-state index is 12.5. The lowest BCUT2D eigenvalue weighted by molar-refractivity contribution is -0.113. The van der Waals surface area contributed by atoms with Crippen LogP contribution < -0.4 is 19.5 Å². The first-order valence-corrected chi connectivity index (χ1v) is 12.4. The van der Waals surface area contributed by atoms with Crippen molar-refractivity contribution in [1.82, 2.24) is 10.2 Å². The van der Waals surface area contributed by atoms with Gasteiger partial charge in [-0.1, -0.05) is 30.0 Å². The normalized spacial score (nSPS) is 10.8. The Labute approximate surface area is 223 Å². The molecule has 4 aromatic rings. The lowest BCUT2D eigenvalue weighted by atomic mass is 10.1. The smallest absolute Gasteiger partial charge is 0.277 e. The number of hydrogen-bond donors (Lipinski definition) is 1. The molecule has 1 heterocycles. The van der Waals surface area contributed by atoms with E-state index >= 15 is 0 Å². The summed E-state index contributed by atoms with van der Waals surface area (Å²) in [7, 11) is 4.70. The molecule has 0 fully saturated rings. The first kappa shape index (κ1) is 26.5. The Bertz CT molecular complexity index is 1430. The van der Waals surface area contributed by atoms with E-state index in [1.165, 1.54) is 6.08 Å². The van der Waals surface area contributed by atoms with Crippen molar-refractivity contribution in [3.63, 3.8) is 0 Å². The van der Waals surface area contributed by atoms with E-state index in [0.717, 1.165) is 23.1 Å². The number of nitrogens with one attached hydrogen (secondary N) is 1. The molecule has 9 nitrogen and oxygen atoms in total. The van der Waals surface area contributed by atoms with E-state index in [-0.39, 0.29) is 22.7 Å². The summed E-state index contributed by atoms with van der Waals surface area (Å²) in [5.41, 5.74) is 2.64. The second-order valence-electron chi connectivity index (χ2n) is 7.83. The number of aromatic nitrogens is 2. The number of ketones is 1. The summed E-state index contributed by atoms with van der Waals surface area (Å²) < 4.78 is 21.3. The Morgan fingerprint density at radius 2 is 1.63 bits per heavy atom. The third-order valence-electron chi connectivity index (χ3n) is 5.36. The number of benzene rings is 3. The van der Waals surface area contributed by atoms with Crippen LogP contribution in [0.5, 0.6) is 17.2 Å². The molecule has 0 saturated carbocycles. The van der Waals surface area contributed by atoms with Crippen LogP contribution in [0.15, 0.2) is 82.4 Å². The SMILES string of the molecule is COc1ccc(/C=C/C(=O)c2ccc(NC(=O)CSc3nnc(-c4ccc(OC)c(OC)c4)o3)cc2)cc1. The number of ether oxygens (including phenoxy) is 3. The van der Waals surface area contributed by atoms with Crippen LogP contribution >= 0.6 is 11.8 Å². The molecule has 3 aromatic carbocycles. The van der Waals surface area contributed by atoms with E-state index in [9.17, 15) is 9.59 Å². The van der Waals surface area contributed by atoms with Gasteiger partial charge in [0.2, 0.25) is 11.8 Å². The summed E-state index contributed by atoms with van der Waals surface area (Å²) in [4.78, 5) is 24.9. The minimum absolute atomic E-state index is 0.0683. The summed E-state index contributed by atoms with van der Waals surface area (Å²) in [5.74, 6) is 1.85. The molecule has 0 saturated heterocycles. The van der Waals surface area contributed by atoms with Gasteiger partial charge in [-0.2, -0.15) is 0 Å². The van der Waals surface area contributed by atoms with E-state index in [4.69, 9.17) is 18.6 Å². The monoisotopic (exact) mass is 531 g/mol. The summed E-state index contributed by atoms with van der Waals surface area (Å²) in [6.07, 6.45) is 3.25. The first-order chi connectivity index (χ1) is 18.5. The maximum Gasteiger partial charge on any atom is 0.277 e. The predicted octanol–water partition coefficient (Wildman–Crippen LogP) is 5.39. The van der Waals surface area contributed by atoms with Crippen LogP contribution in [0, 0.1) is 0 Å². The number of anilines is 1. The summed E-state index contributed by atoms with van der Waals surface area (Å²) in [5, 5.41) is 11.1. The molecule has 0 radical (unpaired) electrons. The number of methoxy groups -OCH3 is 3. The molecular weight excluding hydrogens is 506 g/mol. The third kappa shape index (κ3) is 6.80. The van der Waals surface area contributed by atoms with Crippen molar-refractivity contribution < 1.29 is 28.2 Å². The predicted molar refractivity (Wildman–Crippen MR) is 145 cm³/mol. The van der Waals surface area contributed by atoms with Crippen LogP contribution in [0.1, 0.15) is 15.9 Å². The molecule has 194 valence electrons. The fourth-order valence-electron chi connectivity index (χ4n) is 3.38. The lowest BCUT2D eigenvalue weighted by Crippen LogP contribution is -2.14. The quantitative estimate of drug-likeness (QED) is 0.155. The van der Waals surface area contributed by atoms with Crippen LogP contribution in [0.3, 0.4) is 0 Å². The van der Waals surface area contributed by atoms with Crippen LogP contribution in [-0.4, -0.2) is 49.0 Å². The van der Waals surface area contributed by atoms with Crippen molar-refractivity contribution in [2.24, 2.45) is 0 Å². The van der Waals surface area contributed by atoms with Crippen LogP contribution in [0.4, 0.5) is 5.69 Å². The van der Waals surface area contributed by atoms with Crippen LogP contribution in [-0.2, 0) is 4.79 Å². The molecule has 0 aliphatic rings. The molecule has 10 heteroatoms. The Morgan fingerprint density at radius 1 is 0.895 bits per heavy atom. The topological polar surface area (TPSA) is 113 Å². The number of carbonyl (C=O) groups excluding carboxylic acids is 2. The van der Waals surface area contributed by atoms with Gasteiger partial charge in [0.05, 0.1) is 27.1 Å². The van der Waals surface area contributed by atoms with Gasteiger partial charge in [0.25, 0.3) is 5.22 Å². The second-order valence-corrected chi connectivity index (χ2v) is 8.75. The van der Waals surface area contributed by atoms with Crippen LogP contribution in [0.2, 0.25) is 0 Å². The summed E-state index contributed by atoms with van der Waals surface area (Å²) >= 11 is 1.12. The van der Waals surface area contributed by atoms with Crippen molar-refractivity contribution in [1.29, 1.82) is 0 Å². The molecule has 0 spiro atoms. The van der Waals surface area contributed by atoms with Gasteiger partial charge in [-0.15, -0.1) is 10.2 Å². The van der Waals surface area contributed by atoms with Gasteiger partial charge in [-0.05, 0) is 66.2 Å². The van der Waals surface area contributed by atoms with Crippen molar-refractivity contribution in [2.45, 2.75) is 5.22 Å². The van der Waals surface area contributed by atoms with Crippen molar-refractivity contribution in [2.75, 3.05) is 32.4 Å². The summed E-state index contributed by atoms with van der Waals surface area (Å²) in [6.45, 7) is 0. The fraction of sp³-hybridized carbons (Fsp3) is 0.143. The number of nitrogens with zero attached hydrogens (tertiary/aromatic N) is 2. The van der Waals surface area contributed by atoms with E-state index in [1.54, 1.807) is 69.9 Å². The summed E-state index contributed by atoms with van der Waals surface area (Å²) in [6, 6.07) is 19.3. The molecule has 0 bridgehead atoms. The highest BCUT2D eigenvalue weighted by Gasteiger charge is 2.14. The highest BCUT2D eigenvalue weighted by molar-refractivity contribution is 7.99. The Hall–Kier alpha value is -4.57. The van der Waals surface area contributed by atoms with Gasteiger partial charge in [0, 0.05) is 16.8 Å². The molecule has 0 atom stereocenters. The van der Waals surface area contributed by atoms with E-state index in [2.05, 4.69) is 15.5 Å². The van der Waals surface area contributed by atoms with E-state index in [0.29, 0.717) is 34.2 Å². The molecule has 0 unspecified atom stereocenters. The Morgan fingerprint density at radius 3 is 2.32 bits per heavy atom. The lowest BCUT2D eigenvalue weighted by Gasteiger charge is -2.07. The first-order valence-electron chi connectivity index (χ1n) is 11.4. The van der Waals surface area contributed by atoms with Crippen molar-refractivity contribution in [3.05, 3.63) is 83.9 Å². The van der Waals surface area contributed by atoms with E-state index in [1.807, 2.05) is 24.3 Å². The molecule has 0 aliphatic carbocycles. The Kier molecular flexibility index (Phi) is 8.78. The van der Waals surface area contributed by atoms with Gasteiger partial charge in [-0.3, -0.25) is 9.59 Å². The second kappa shape index (κ2) is 12.6. The van der Waals surface area contributed by atoms with Crippen molar-refractivity contribution >= 4 is 35.2 Å². The molecule has 1 N–H and O–H groups in total. The van der Waals surface area contributed by atoms with Crippen LogP contribution in [0.25, 0.3) is 17.5 Å². The number of carbonyl (C=O) groups is 2. The molecule has 0 aliphatic heterocycles. The highest BCUT2D eigenvalue weighted by atomic mass is 32.2. The largest absolute Gasteiger partial charge is 0.497 e. The van der Waals surface area contributed by atoms with Gasteiger partial charge < -0.3 is 23.9 Å². The third-order valence-corrected chi connectivity index (χ3v) is 6.18. The molecule has 1 aromatic heterocycles. The fourth-order valence-corrected chi connectivity index (χ4v) is 3.94. The van der Waals surface area contributed by atoms with E-state index < -0.39 is 0 Å². The Balaban J connectivity index is 1.28. The van der Waals surface area contributed by atoms with Gasteiger partial charge in [0.1, 0.15) is 5.75 Å². The minimum Gasteiger partial charge on any atom is -0.497 e. The molecule has 38 heavy (non-hydrogen) atoms. The number of rotatable bonds is 11. The average molecular weight is 532 g/mol. The zero-order valence-corrected chi connectivity index (χ0v) is 21.8. The zero-order valence-electron chi connectivity index (χ0n) is 21.0. The van der Waals surface area contributed by atoms with Crippen molar-refractivity contribution in [3.8, 4) is 28.7 Å². The molecule has 4 rings (SSSR count). The number of thioether (sulfide) groups is 1. The van der Waals surface area contributed by atoms with Gasteiger partial charge >= 0.3 is 0 Å².